The molecule has 0 saturated carbocycles. The molecular formula is C8H11NO3. The molecule has 0 aromatic carbocycles. The third-order valence-corrected chi connectivity index (χ3v) is 1.12. The second-order valence-corrected chi connectivity index (χ2v) is 2.66. The number of ketones is 1. The van der Waals surface area contributed by atoms with Gasteiger partial charge in [0, 0.05) is 0 Å². The van der Waals surface area contributed by atoms with Gasteiger partial charge in [0.1, 0.15) is 0 Å². The maximum atomic E-state index is 11.0. The van der Waals surface area contributed by atoms with Crippen molar-refractivity contribution in [1.29, 1.82) is 5.26 Å². The van der Waals surface area contributed by atoms with E-state index in [1.54, 1.807) is 19.9 Å². The van der Waals surface area contributed by atoms with Crippen molar-refractivity contribution in [3.63, 3.8) is 0 Å². The van der Waals surface area contributed by atoms with Crippen LogP contribution in [-0.4, -0.2) is 17.9 Å². The molecule has 4 heteroatoms. The number of ether oxygens (including phenoxy) is 1. The molecule has 0 aromatic rings. The van der Waals surface area contributed by atoms with Crippen LogP contribution in [0.2, 0.25) is 0 Å². The zero-order chi connectivity index (χ0) is 9.72. The monoisotopic (exact) mass is 169 g/mol. The molecule has 66 valence electrons. The summed E-state index contributed by atoms with van der Waals surface area (Å²) in [7, 11) is 0. The zero-order valence-electron chi connectivity index (χ0n) is 7.33. The highest BCUT2D eigenvalue weighted by molar-refractivity contribution is 6.00. The van der Waals surface area contributed by atoms with Crippen molar-refractivity contribution in [3.8, 4) is 6.07 Å². The van der Waals surface area contributed by atoms with E-state index in [1.165, 1.54) is 6.92 Å². The molecule has 0 rings (SSSR count). The third kappa shape index (κ3) is 3.15. The van der Waals surface area contributed by atoms with Crippen molar-refractivity contribution >= 4 is 11.8 Å². The number of carbonyl (C=O) groups is 2. The SMILES string of the molecule is CC(=O)C(C#N)C(=O)OC(C)C. The Hall–Kier alpha value is -1.37. The number of hydrogen-bond acceptors (Lipinski definition) is 4. The van der Waals surface area contributed by atoms with E-state index in [4.69, 9.17) is 5.26 Å². The Kier molecular flexibility index (Phi) is 3.98. The Bertz CT molecular complexity index is 227. The number of hydrogen-bond donors (Lipinski definition) is 0. The largest absolute Gasteiger partial charge is 0.462 e. The first-order valence-electron chi connectivity index (χ1n) is 3.59. The van der Waals surface area contributed by atoms with E-state index >= 15 is 0 Å². The quantitative estimate of drug-likeness (QED) is 0.460. The summed E-state index contributed by atoms with van der Waals surface area (Å²) in [6, 6.07) is 1.58. The van der Waals surface area contributed by atoms with Gasteiger partial charge >= 0.3 is 5.97 Å². The lowest BCUT2D eigenvalue weighted by Gasteiger charge is -2.09. The van der Waals surface area contributed by atoms with Crippen LogP contribution >= 0.6 is 0 Å². The molecule has 0 amide bonds. The van der Waals surface area contributed by atoms with Crippen LogP contribution in [0.1, 0.15) is 20.8 Å². The van der Waals surface area contributed by atoms with Crippen molar-refractivity contribution < 1.29 is 14.3 Å². The second kappa shape index (κ2) is 4.50. The fraction of sp³-hybridized carbons (Fsp3) is 0.625. The van der Waals surface area contributed by atoms with Gasteiger partial charge in [0.2, 0.25) is 5.92 Å². The van der Waals surface area contributed by atoms with Crippen LogP contribution in [-0.2, 0) is 14.3 Å². The number of Topliss-reactive ketones (excluding diaryl/α,β-unsaturated/α-hetero) is 1. The molecule has 0 aliphatic rings. The van der Waals surface area contributed by atoms with E-state index in [2.05, 4.69) is 4.74 Å². The predicted molar refractivity (Wildman–Crippen MR) is 41.0 cm³/mol. The molecule has 0 saturated heterocycles. The van der Waals surface area contributed by atoms with Crippen molar-refractivity contribution in [3.05, 3.63) is 0 Å². The Labute approximate surface area is 71.1 Å². The summed E-state index contributed by atoms with van der Waals surface area (Å²) < 4.78 is 4.68. The van der Waals surface area contributed by atoms with Crippen molar-refractivity contribution in [2.75, 3.05) is 0 Å². The molecule has 0 bridgehead atoms. The van der Waals surface area contributed by atoms with Crippen molar-refractivity contribution in [2.24, 2.45) is 5.92 Å². The first-order valence-corrected chi connectivity index (χ1v) is 3.59. The summed E-state index contributed by atoms with van der Waals surface area (Å²) in [5, 5.41) is 8.41. The average molecular weight is 169 g/mol. The minimum absolute atomic E-state index is 0.298. The standard InChI is InChI=1S/C8H11NO3/c1-5(2)12-8(11)7(4-9)6(3)10/h5,7H,1-3H3. The van der Waals surface area contributed by atoms with Crippen molar-refractivity contribution in [2.45, 2.75) is 26.9 Å². The molecule has 4 nitrogen and oxygen atoms in total. The molecule has 0 N–H and O–H groups in total. The van der Waals surface area contributed by atoms with E-state index in [1.807, 2.05) is 0 Å². The minimum atomic E-state index is -1.27. The number of rotatable bonds is 3. The van der Waals surface area contributed by atoms with Gasteiger partial charge in [0.05, 0.1) is 12.2 Å². The van der Waals surface area contributed by atoms with Crippen LogP contribution in [0.5, 0.6) is 0 Å². The topological polar surface area (TPSA) is 67.2 Å². The summed E-state index contributed by atoms with van der Waals surface area (Å²) in [5.41, 5.74) is 0. The summed E-state index contributed by atoms with van der Waals surface area (Å²) in [4.78, 5) is 21.6. The van der Waals surface area contributed by atoms with Gasteiger partial charge in [-0.05, 0) is 20.8 Å². The molecule has 0 aromatic heterocycles. The highest BCUT2D eigenvalue weighted by atomic mass is 16.5. The Morgan fingerprint density at radius 1 is 1.42 bits per heavy atom. The molecule has 1 unspecified atom stereocenters. The lowest BCUT2D eigenvalue weighted by molar-refractivity contribution is -0.152. The highest BCUT2D eigenvalue weighted by Crippen LogP contribution is 2.02. The summed E-state index contributed by atoms with van der Waals surface area (Å²) in [6.45, 7) is 4.51. The molecule has 0 radical (unpaired) electrons. The fourth-order valence-corrected chi connectivity index (χ4v) is 0.610. The lowest BCUT2D eigenvalue weighted by atomic mass is 10.1. The smallest absolute Gasteiger partial charge is 0.331 e. The molecule has 0 heterocycles. The average Bonchev–Trinajstić information content (AvgIpc) is 1.85. The highest BCUT2D eigenvalue weighted by Gasteiger charge is 2.24. The Balaban J connectivity index is 4.26. The van der Waals surface area contributed by atoms with E-state index in [-0.39, 0.29) is 6.10 Å². The fourth-order valence-electron chi connectivity index (χ4n) is 0.610. The van der Waals surface area contributed by atoms with Crippen LogP contribution < -0.4 is 0 Å². The van der Waals surface area contributed by atoms with E-state index in [0.717, 1.165) is 0 Å². The first-order chi connectivity index (χ1) is 5.49. The van der Waals surface area contributed by atoms with Gasteiger partial charge in [-0.15, -0.1) is 0 Å². The summed E-state index contributed by atoms with van der Waals surface area (Å²) in [6.07, 6.45) is -0.298. The lowest BCUT2D eigenvalue weighted by Crippen LogP contribution is -2.25. The maximum absolute atomic E-state index is 11.0. The first kappa shape index (κ1) is 10.6. The number of nitrogens with zero attached hydrogens (tertiary/aromatic N) is 1. The molecule has 12 heavy (non-hydrogen) atoms. The van der Waals surface area contributed by atoms with Gasteiger partial charge < -0.3 is 4.74 Å². The molecular weight excluding hydrogens is 158 g/mol. The zero-order valence-corrected chi connectivity index (χ0v) is 7.33. The van der Waals surface area contributed by atoms with Gasteiger partial charge in [-0.3, -0.25) is 9.59 Å². The molecule has 0 aliphatic heterocycles. The molecule has 1 atom stereocenters. The number of carbonyl (C=O) groups excluding carboxylic acids is 2. The molecule has 0 spiro atoms. The summed E-state index contributed by atoms with van der Waals surface area (Å²) >= 11 is 0. The van der Waals surface area contributed by atoms with Gasteiger partial charge in [0.15, 0.2) is 5.78 Å². The van der Waals surface area contributed by atoms with Crippen LogP contribution in [0.3, 0.4) is 0 Å². The van der Waals surface area contributed by atoms with Crippen LogP contribution in [0.4, 0.5) is 0 Å². The molecule has 0 aliphatic carbocycles. The van der Waals surface area contributed by atoms with E-state index < -0.39 is 17.7 Å². The van der Waals surface area contributed by atoms with Gasteiger partial charge in [0.25, 0.3) is 0 Å². The predicted octanol–water partition coefficient (Wildman–Crippen LogP) is 0.667. The van der Waals surface area contributed by atoms with Crippen molar-refractivity contribution in [1.82, 2.24) is 0 Å². The normalized spacial score (nSPS) is 11.9. The van der Waals surface area contributed by atoms with Gasteiger partial charge in [-0.2, -0.15) is 5.26 Å². The van der Waals surface area contributed by atoms with E-state index in [0.29, 0.717) is 0 Å². The van der Waals surface area contributed by atoms with E-state index in [9.17, 15) is 9.59 Å². The van der Waals surface area contributed by atoms with Gasteiger partial charge in [-0.1, -0.05) is 0 Å². The number of nitriles is 1. The number of esters is 1. The maximum Gasteiger partial charge on any atom is 0.331 e. The Morgan fingerprint density at radius 3 is 2.17 bits per heavy atom. The summed E-state index contributed by atoms with van der Waals surface area (Å²) in [5.74, 6) is -2.52. The Morgan fingerprint density at radius 2 is 1.92 bits per heavy atom. The third-order valence-electron chi connectivity index (χ3n) is 1.12. The van der Waals surface area contributed by atoms with Crippen LogP contribution in [0, 0.1) is 17.2 Å². The minimum Gasteiger partial charge on any atom is -0.462 e. The van der Waals surface area contributed by atoms with Crippen LogP contribution in [0.25, 0.3) is 0 Å². The van der Waals surface area contributed by atoms with Crippen LogP contribution in [0.15, 0.2) is 0 Å². The van der Waals surface area contributed by atoms with Gasteiger partial charge in [-0.25, -0.2) is 0 Å². The second-order valence-electron chi connectivity index (χ2n) is 2.66. The molecule has 0 fully saturated rings.